The van der Waals surface area contributed by atoms with Crippen LogP contribution in [0.15, 0.2) is 72.8 Å². The van der Waals surface area contributed by atoms with Crippen molar-refractivity contribution in [3.8, 4) is 11.5 Å². The number of para-hydroxylation sites is 1. The Morgan fingerprint density at radius 2 is 1.56 bits per heavy atom. The molecule has 0 aliphatic carbocycles. The van der Waals surface area contributed by atoms with Crippen LogP contribution in [-0.2, 0) is 13.0 Å². The average molecular weight is 359 g/mol. The van der Waals surface area contributed by atoms with Gasteiger partial charge in [0.15, 0.2) is 11.5 Å². The molecule has 1 N–H and O–H groups in total. The van der Waals surface area contributed by atoms with Crippen LogP contribution in [-0.4, -0.2) is 19.1 Å². The molecule has 0 radical (unpaired) electrons. The standard InChI is InChI=1S/C23H21NO3/c25-23(24-16-19-10-6-12-21-22(19)27-14-13-26-21)20-11-5-4-9-18(20)15-17-7-2-1-3-8-17/h1-12H,13-16H2,(H,24,25). The molecule has 27 heavy (non-hydrogen) atoms. The molecule has 4 heteroatoms. The van der Waals surface area contributed by atoms with Crippen molar-refractivity contribution in [2.75, 3.05) is 13.2 Å². The van der Waals surface area contributed by atoms with Gasteiger partial charge in [-0.25, -0.2) is 0 Å². The van der Waals surface area contributed by atoms with Gasteiger partial charge in [0, 0.05) is 17.7 Å². The first-order valence-corrected chi connectivity index (χ1v) is 9.09. The van der Waals surface area contributed by atoms with E-state index >= 15 is 0 Å². The Morgan fingerprint density at radius 3 is 2.44 bits per heavy atom. The van der Waals surface area contributed by atoms with Gasteiger partial charge in [0.05, 0.1) is 0 Å². The average Bonchev–Trinajstić information content (AvgIpc) is 2.73. The zero-order valence-electron chi connectivity index (χ0n) is 15.0. The maximum absolute atomic E-state index is 12.8. The summed E-state index contributed by atoms with van der Waals surface area (Å²) < 4.78 is 11.3. The predicted molar refractivity (Wildman–Crippen MR) is 104 cm³/mol. The van der Waals surface area contributed by atoms with Crippen molar-refractivity contribution in [1.29, 1.82) is 0 Å². The molecule has 1 amide bonds. The number of nitrogens with one attached hydrogen (secondary N) is 1. The summed E-state index contributed by atoms with van der Waals surface area (Å²) in [6.07, 6.45) is 0.724. The highest BCUT2D eigenvalue weighted by Crippen LogP contribution is 2.33. The molecule has 3 aromatic rings. The smallest absolute Gasteiger partial charge is 0.251 e. The van der Waals surface area contributed by atoms with Crippen LogP contribution in [0.4, 0.5) is 0 Å². The fourth-order valence-corrected chi connectivity index (χ4v) is 3.26. The van der Waals surface area contributed by atoms with Crippen LogP contribution in [0.3, 0.4) is 0 Å². The quantitative estimate of drug-likeness (QED) is 0.750. The van der Waals surface area contributed by atoms with Crippen molar-refractivity contribution in [2.24, 2.45) is 0 Å². The van der Waals surface area contributed by atoms with Crippen LogP contribution in [0, 0.1) is 0 Å². The normalized spacial score (nSPS) is 12.4. The lowest BCUT2D eigenvalue weighted by Gasteiger charge is -2.21. The van der Waals surface area contributed by atoms with Gasteiger partial charge in [-0.05, 0) is 29.7 Å². The van der Waals surface area contributed by atoms with Crippen LogP contribution < -0.4 is 14.8 Å². The molecule has 1 aliphatic rings. The number of carbonyl (C=O) groups excluding carboxylic acids is 1. The van der Waals surface area contributed by atoms with Gasteiger partial charge in [-0.15, -0.1) is 0 Å². The zero-order chi connectivity index (χ0) is 18.5. The topological polar surface area (TPSA) is 47.6 Å². The molecule has 1 aliphatic heterocycles. The van der Waals surface area contributed by atoms with Crippen LogP contribution in [0.5, 0.6) is 11.5 Å². The molecule has 0 fully saturated rings. The Labute approximate surface area is 158 Å². The molecule has 136 valence electrons. The fourth-order valence-electron chi connectivity index (χ4n) is 3.26. The Morgan fingerprint density at radius 1 is 0.815 bits per heavy atom. The second-order valence-electron chi connectivity index (χ2n) is 6.44. The summed E-state index contributed by atoms with van der Waals surface area (Å²) in [5, 5.41) is 3.02. The number of rotatable bonds is 5. The SMILES string of the molecule is O=C(NCc1cccc2c1OCCO2)c1ccccc1Cc1ccccc1. The minimum absolute atomic E-state index is 0.0872. The summed E-state index contributed by atoms with van der Waals surface area (Å²) in [5.41, 5.74) is 3.81. The predicted octanol–water partition coefficient (Wildman–Crippen LogP) is 3.98. The maximum Gasteiger partial charge on any atom is 0.251 e. The van der Waals surface area contributed by atoms with Gasteiger partial charge < -0.3 is 14.8 Å². The highest BCUT2D eigenvalue weighted by molar-refractivity contribution is 5.95. The van der Waals surface area contributed by atoms with Gasteiger partial charge in [-0.1, -0.05) is 60.7 Å². The molecule has 0 saturated carbocycles. The Kier molecular flexibility index (Phi) is 5.06. The molecule has 3 aromatic carbocycles. The number of hydrogen-bond donors (Lipinski definition) is 1. The third-order valence-corrected chi connectivity index (χ3v) is 4.59. The highest BCUT2D eigenvalue weighted by atomic mass is 16.6. The molecule has 4 rings (SSSR count). The van der Waals surface area contributed by atoms with E-state index in [1.165, 1.54) is 5.56 Å². The van der Waals surface area contributed by atoms with Gasteiger partial charge in [0.25, 0.3) is 5.91 Å². The molecule has 0 aromatic heterocycles. The minimum atomic E-state index is -0.0872. The lowest BCUT2D eigenvalue weighted by atomic mass is 9.99. The van der Waals surface area contributed by atoms with Crippen LogP contribution in [0.2, 0.25) is 0 Å². The van der Waals surface area contributed by atoms with Crippen molar-refractivity contribution in [3.05, 3.63) is 95.1 Å². The molecule has 1 heterocycles. The molecule has 0 unspecified atom stereocenters. The van der Waals surface area contributed by atoms with Crippen molar-refractivity contribution in [2.45, 2.75) is 13.0 Å². The number of amides is 1. The number of ether oxygens (including phenoxy) is 2. The maximum atomic E-state index is 12.8. The highest BCUT2D eigenvalue weighted by Gasteiger charge is 2.17. The van der Waals surface area contributed by atoms with Crippen molar-refractivity contribution >= 4 is 5.91 Å². The third kappa shape index (κ3) is 3.95. The van der Waals surface area contributed by atoms with Crippen LogP contribution in [0.1, 0.15) is 27.0 Å². The van der Waals surface area contributed by atoms with E-state index in [4.69, 9.17) is 9.47 Å². The first-order chi connectivity index (χ1) is 13.3. The van der Waals surface area contributed by atoms with Gasteiger partial charge >= 0.3 is 0 Å². The van der Waals surface area contributed by atoms with E-state index in [-0.39, 0.29) is 5.91 Å². The van der Waals surface area contributed by atoms with E-state index in [0.717, 1.165) is 29.0 Å². The van der Waals surface area contributed by atoms with Gasteiger partial charge in [0.1, 0.15) is 13.2 Å². The van der Waals surface area contributed by atoms with Crippen molar-refractivity contribution in [3.63, 3.8) is 0 Å². The Bertz CT molecular complexity index is 937. The molecular weight excluding hydrogens is 338 g/mol. The summed E-state index contributed by atoms with van der Waals surface area (Å²) in [5.74, 6) is 1.37. The number of benzene rings is 3. The largest absolute Gasteiger partial charge is 0.486 e. The molecule has 4 nitrogen and oxygen atoms in total. The van der Waals surface area contributed by atoms with E-state index < -0.39 is 0 Å². The zero-order valence-corrected chi connectivity index (χ0v) is 15.0. The van der Waals surface area contributed by atoms with E-state index in [9.17, 15) is 4.79 Å². The van der Waals surface area contributed by atoms with Crippen LogP contribution >= 0.6 is 0 Å². The van der Waals surface area contributed by atoms with E-state index in [2.05, 4.69) is 17.4 Å². The first-order valence-electron chi connectivity index (χ1n) is 9.09. The summed E-state index contributed by atoms with van der Waals surface area (Å²) in [4.78, 5) is 12.8. The van der Waals surface area contributed by atoms with Crippen molar-refractivity contribution in [1.82, 2.24) is 5.32 Å². The molecule has 0 bridgehead atoms. The monoisotopic (exact) mass is 359 g/mol. The van der Waals surface area contributed by atoms with Gasteiger partial charge in [-0.3, -0.25) is 4.79 Å². The van der Waals surface area contributed by atoms with Gasteiger partial charge in [-0.2, -0.15) is 0 Å². The Balaban J connectivity index is 1.49. The number of fused-ring (bicyclic) bond motifs is 1. The fraction of sp³-hybridized carbons (Fsp3) is 0.174. The number of carbonyl (C=O) groups is 1. The van der Waals surface area contributed by atoms with E-state index in [1.807, 2.05) is 60.7 Å². The second-order valence-corrected chi connectivity index (χ2v) is 6.44. The van der Waals surface area contributed by atoms with E-state index in [1.54, 1.807) is 0 Å². The summed E-state index contributed by atoms with van der Waals surface area (Å²) in [7, 11) is 0. The molecule has 0 spiro atoms. The minimum Gasteiger partial charge on any atom is -0.486 e. The Hall–Kier alpha value is -3.27. The molecule has 0 atom stereocenters. The van der Waals surface area contributed by atoms with Gasteiger partial charge in [0.2, 0.25) is 0 Å². The lowest BCUT2D eigenvalue weighted by molar-refractivity contribution is 0.0949. The second kappa shape index (κ2) is 7.96. The number of hydrogen-bond acceptors (Lipinski definition) is 3. The summed E-state index contributed by atoms with van der Waals surface area (Å²) in [6, 6.07) is 23.6. The van der Waals surface area contributed by atoms with Crippen LogP contribution in [0.25, 0.3) is 0 Å². The van der Waals surface area contributed by atoms with E-state index in [0.29, 0.717) is 25.3 Å². The summed E-state index contributed by atoms with van der Waals surface area (Å²) in [6.45, 7) is 1.47. The molecular formula is C23H21NO3. The summed E-state index contributed by atoms with van der Waals surface area (Å²) >= 11 is 0. The van der Waals surface area contributed by atoms with Crippen molar-refractivity contribution < 1.29 is 14.3 Å². The molecule has 0 saturated heterocycles. The lowest BCUT2D eigenvalue weighted by Crippen LogP contribution is -2.25. The first kappa shape index (κ1) is 17.2. The third-order valence-electron chi connectivity index (χ3n) is 4.59.